The van der Waals surface area contributed by atoms with Crippen molar-refractivity contribution < 1.29 is 14.0 Å². The molecule has 122 valence electrons. The number of furan rings is 1. The summed E-state index contributed by atoms with van der Waals surface area (Å²) in [4.78, 5) is 27.1. The molecule has 1 fully saturated rings. The fourth-order valence-corrected chi connectivity index (χ4v) is 3.41. The van der Waals surface area contributed by atoms with Crippen molar-refractivity contribution in [3.63, 3.8) is 0 Å². The third-order valence-electron chi connectivity index (χ3n) is 3.86. The Bertz CT molecular complexity index is 647. The highest BCUT2D eigenvalue weighted by atomic mass is 32.1. The fraction of sp³-hybridized carbons (Fsp3) is 0.412. The molecule has 0 aromatic carbocycles. The highest BCUT2D eigenvalue weighted by Crippen LogP contribution is 2.31. The van der Waals surface area contributed by atoms with Gasteiger partial charge in [-0.25, -0.2) is 0 Å². The van der Waals surface area contributed by atoms with Gasteiger partial charge in [-0.2, -0.15) is 0 Å². The van der Waals surface area contributed by atoms with Crippen LogP contribution < -0.4 is 5.32 Å². The second kappa shape index (κ2) is 7.00. The monoisotopic (exact) mass is 332 g/mol. The lowest BCUT2D eigenvalue weighted by atomic mass is 10.1. The molecule has 2 amide bonds. The van der Waals surface area contributed by atoms with Gasteiger partial charge in [0, 0.05) is 17.8 Å². The summed E-state index contributed by atoms with van der Waals surface area (Å²) in [5.74, 6) is 0.716. The van der Waals surface area contributed by atoms with Crippen LogP contribution in [0.1, 0.15) is 42.9 Å². The van der Waals surface area contributed by atoms with E-state index in [1.54, 1.807) is 17.6 Å². The quantitative estimate of drug-likeness (QED) is 0.847. The molecule has 1 saturated carbocycles. The molecule has 1 aliphatic rings. The Labute approximate surface area is 139 Å². The zero-order valence-corrected chi connectivity index (χ0v) is 13.8. The number of nitrogens with zero attached hydrogens (tertiary/aromatic N) is 1. The summed E-state index contributed by atoms with van der Waals surface area (Å²) in [5, 5.41) is 4.84. The number of carbonyl (C=O) groups excluding carboxylic acids is 2. The minimum absolute atomic E-state index is 0.0519. The first kappa shape index (κ1) is 15.8. The predicted molar refractivity (Wildman–Crippen MR) is 87.8 cm³/mol. The molecule has 6 heteroatoms. The van der Waals surface area contributed by atoms with Crippen LogP contribution in [0.15, 0.2) is 40.3 Å². The molecule has 0 radical (unpaired) electrons. The molecule has 1 N–H and O–H groups in total. The highest BCUT2D eigenvalue weighted by Gasteiger charge is 2.34. The van der Waals surface area contributed by atoms with E-state index in [-0.39, 0.29) is 24.3 Å². The molecule has 0 aliphatic heterocycles. The zero-order chi connectivity index (χ0) is 16.2. The number of thiophene rings is 1. The normalized spacial score (nSPS) is 15.2. The number of amides is 2. The Hall–Kier alpha value is -2.08. The summed E-state index contributed by atoms with van der Waals surface area (Å²) in [6.07, 6.45) is 3.97. The van der Waals surface area contributed by atoms with Crippen molar-refractivity contribution in [2.45, 2.75) is 44.8 Å². The third-order valence-corrected chi connectivity index (χ3v) is 4.84. The standard InChI is InChI=1S/C17H20N2O3S/c1-12(20)18-15(16-5-3-9-23-16)10-17(21)19(13-6-7-13)11-14-4-2-8-22-14/h2-5,8-9,13,15H,6-7,10-11H2,1H3,(H,18,20)/t15-/m1/s1. The van der Waals surface area contributed by atoms with Gasteiger partial charge >= 0.3 is 0 Å². The maximum Gasteiger partial charge on any atom is 0.225 e. The van der Waals surface area contributed by atoms with Crippen LogP contribution in [0.2, 0.25) is 0 Å². The van der Waals surface area contributed by atoms with E-state index in [0.29, 0.717) is 12.6 Å². The summed E-state index contributed by atoms with van der Waals surface area (Å²) in [6.45, 7) is 1.97. The van der Waals surface area contributed by atoms with Gasteiger partial charge in [-0.1, -0.05) is 6.07 Å². The van der Waals surface area contributed by atoms with Gasteiger partial charge in [-0.15, -0.1) is 11.3 Å². The van der Waals surface area contributed by atoms with Crippen molar-refractivity contribution in [3.8, 4) is 0 Å². The van der Waals surface area contributed by atoms with Gasteiger partial charge in [-0.05, 0) is 36.4 Å². The molecule has 2 aromatic rings. The van der Waals surface area contributed by atoms with Crippen LogP contribution in [0.5, 0.6) is 0 Å². The maximum absolute atomic E-state index is 12.8. The van der Waals surface area contributed by atoms with Crippen LogP contribution >= 0.6 is 11.3 Å². The van der Waals surface area contributed by atoms with Gasteiger partial charge in [0.1, 0.15) is 5.76 Å². The molecule has 2 aromatic heterocycles. The lowest BCUT2D eigenvalue weighted by Gasteiger charge is -2.24. The molecule has 2 heterocycles. The van der Waals surface area contributed by atoms with Crippen LogP contribution in [-0.2, 0) is 16.1 Å². The van der Waals surface area contributed by atoms with E-state index in [1.165, 1.54) is 6.92 Å². The van der Waals surface area contributed by atoms with Crippen molar-refractivity contribution >= 4 is 23.2 Å². The average Bonchev–Trinajstić information content (AvgIpc) is 3.02. The third kappa shape index (κ3) is 4.22. The molecule has 0 bridgehead atoms. The summed E-state index contributed by atoms with van der Waals surface area (Å²) >= 11 is 1.55. The van der Waals surface area contributed by atoms with Crippen molar-refractivity contribution in [3.05, 3.63) is 46.5 Å². The smallest absolute Gasteiger partial charge is 0.225 e. The van der Waals surface area contributed by atoms with Gasteiger partial charge in [-0.3, -0.25) is 9.59 Å². The van der Waals surface area contributed by atoms with Gasteiger partial charge in [0.05, 0.1) is 25.3 Å². The number of hydrogen-bond donors (Lipinski definition) is 1. The molecule has 5 nitrogen and oxygen atoms in total. The first-order chi connectivity index (χ1) is 11.1. The summed E-state index contributed by atoms with van der Waals surface area (Å²) in [6, 6.07) is 7.63. The van der Waals surface area contributed by atoms with Gasteiger partial charge in [0.15, 0.2) is 0 Å². The van der Waals surface area contributed by atoms with Gasteiger partial charge in [0.25, 0.3) is 0 Å². The molecule has 1 atom stereocenters. The van der Waals surface area contributed by atoms with Crippen molar-refractivity contribution in [1.82, 2.24) is 10.2 Å². The van der Waals surface area contributed by atoms with E-state index in [0.717, 1.165) is 23.5 Å². The average molecular weight is 332 g/mol. The van der Waals surface area contributed by atoms with E-state index < -0.39 is 0 Å². The molecular formula is C17H20N2O3S. The number of rotatable bonds is 7. The fourth-order valence-electron chi connectivity index (χ4n) is 2.63. The molecule has 23 heavy (non-hydrogen) atoms. The minimum Gasteiger partial charge on any atom is -0.467 e. The van der Waals surface area contributed by atoms with Crippen LogP contribution in [0.25, 0.3) is 0 Å². The van der Waals surface area contributed by atoms with E-state index in [4.69, 9.17) is 4.42 Å². The Morgan fingerprint density at radius 1 is 1.39 bits per heavy atom. The Morgan fingerprint density at radius 3 is 2.78 bits per heavy atom. The summed E-state index contributed by atoms with van der Waals surface area (Å²) < 4.78 is 5.37. The van der Waals surface area contributed by atoms with Crippen LogP contribution in [-0.4, -0.2) is 22.8 Å². The topological polar surface area (TPSA) is 62.6 Å². The zero-order valence-electron chi connectivity index (χ0n) is 13.0. The summed E-state index contributed by atoms with van der Waals surface area (Å²) in [5.41, 5.74) is 0. The van der Waals surface area contributed by atoms with Gasteiger partial charge in [0.2, 0.25) is 11.8 Å². The number of nitrogens with one attached hydrogen (secondary N) is 1. The SMILES string of the molecule is CC(=O)N[C@H](CC(=O)N(Cc1ccco1)C1CC1)c1cccs1. The lowest BCUT2D eigenvalue weighted by molar-refractivity contribution is -0.133. The lowest BCUT2D eigenvalue weighted by Crippen LogP contribution is -2.36. The molecule has 0 saturated heterocycles. The Balaban J connectivity index is 1.69. The minimum atomic E-state index is -0.266. The van der Waals surface area contributed by atoms with Crippen LogP contribution in [0, 0.1) is 0 Å². The first-order valence-electron chi connectivity index (χ1n) is 7.76. The Morgan fingerprint density at radius 2 is 2.22 bits per heavy atom. The number of hydrogen-bond acceptors (Lipinski definition) is 4. The van der Waals surface area contributed by atoms with E-state index in [9.17, 15) is 9.59 Å². The molecule has 1 aliphatic carbocycles. The molecule has 0 unspecified atom stereocenters. The largest absolute Gasteiger partial charge is 0.467 e. The van der Waals surface area contributed by atoms with Crippen molar-refractivity contribution in [2.75, 3.05) is 0 Å². The maximum atomic E-state index is 12.8. The van der Waals surface area contributed by atoms with E-state index >= 15 is 0 Å². The van der Waals surface area contributed by atoms with E-state index in [1.807, 2.05) is 34.5 Å². The Kier molecular flexibility index (Phi) is 4.81. The van der Waals surface area contributed by atoms with E-state index in [2.05, 4.69) is 5.32 Å². The number of carbonyl (C=O) groups is 2. The second-order valence-electron chi connectivity index (χ2n) is 5.80. The molecule has 0 spiro atoms. The van der Waals surface area contributed by atoms with Crippen molar-refractivity contribution in [1.29, 1.82) is 0 Å². The predicted octanol–water partition coefficient (Wildman–Crippen LogP) is 3.10. The van der Waals surface area contributed by atoms with Gasteiger partial charge < -0.3 is 14.6 Å². The highest BCUT2D eigenvalue weighted by molar-refractivity contribution is 7.10. The molecular weight excluding hydrogens is 312 g/mol. The van der Waals surface area contributed by atoms with Crippen molar-refractivity contribution in [2.24, 2.45) is 0 Å². The summed E-state index contributed by atoms with van der Waals surface area (Å²) in [7, 11) is 0. The second-order valence-corrected chi connectivity index (χ2v) is 6.78. The van der Waals surface area contributed by atoms with Crippen LogP contribution in [0.3, 0.4) is 0 Å². The first-order valence-corrected chi connectivity index (χ1v) is 8.64. The van der Waals surface area contributed by atoms with Crippen LogP contribution in [0.4, 0.5) is 0 Å². The molecule has 3 rings (SSSR count).